The van der Waals surface area contributed by atoms with Crippen LogP contribution >= 0.6 is 0 Å². The third-order valence-corrected chi connectivity index (χ3v) is 4.78. The van der Waals surface area contributed by atoms with Gasteiger partial charge in [0.2, 0.25) is 0 Å². The molecule has 1 nitrogen and oxygen atoms in total. The van der Waals surface area contributed by atoms with Crippen LogP contribution in [0.2, 0.25) is 0 Å². The summed E-state index contributed by atoms with van der Waals surface area (Å²) < 4.78 is 41.3. The zero-order valence-corrected chi connectivity index (χ0v) is 15.0. The third-order valence-electron chi connectivity index (χ3n) is 4.78. The van der Waals surface area contributed by atoms with Crippen molar-refractivity contribution in [2.45, 2.75) is 51.7 Å². The molecule has 138 valence electrons. The predicted molar refractivity (Wildman–Crippen MR) is 100 cm³/mol. The van der Waals surface area contributed by atoms with Crippen LogP contribution in [0.3, 0.4) is 0 Å². The van der Waals surface area contributed by atoms with Gasteiger partial charge in [0.15, 0.2) is 0 Å². The molecular weight excluding hydrogens is 335 g/mol. The van der Waals surface area contributed by atoms with Crippen molar-refractivity contribution < 1.29 is 13.2 Å². The van der Waals surface area contributed by atoms with Crippen molar-refractivity contribution in [3.05, 3.63) is 71.4 Å². The maximum absolute atomic E-state index is 13.1. The molecule has 0 unspecified atom stereocenters. The second-order valence-electron chi connectivity index (χ2n) is 6.79. The molecule has 0 amide bonds. The molecule has 3 rings (SSSR count). The van der Waals surface area contributed by atoms with Crippen LogP contribution in [0, 0.1) is 0 Å². The molecule has 0 N–H and O–H groups in total. The highest BCUT2D eigenvalue weighted by Crippen LogP contribution is 2.33. The summed E-state index contributed by atoms with van der Waals surface area (Å²) in [5, 5.41) is 0.668. The van der Waals surface area contributed by atoms with Crippen molar-refractivity contribution in [1.82, 2.24) is 4.57 Å². The topological polar surface area (TPSA) is 4.93 Å². The predicted octanol–water partition coefficient (Wildman–Crippen LogP) is 6.83. The molecule has 0 aliphatic heterocycles. The Balaban J connectivity index is 1.97. The number of benzene rings is 2. The Bertz CT molecular complexity index is 847. The lowest BCUT2D eigenvalue weighted by atomic mass is 10.1. The average Bonchev–Trinajstić information content (AvgIpc) is 2.96. The first-order valence-electron chi connectivity index (χ1n) is 9.22. The fraction of sp³-hybridized carbons (Fsp3) is 0.364. The lowest BCUT2D eigenvalue weighted by Gasteiger charge is -2.12. The van der Waals surface area contributed by atoms with E-state index in [1.807, 2.05) is 24.3 Å². The van der Waals surface area contributed by atoms with Gasteiger partial charge < -0.3 is 4.57 Å². The first-order valence-corrected chi connectivity index (χ1v) is 9.22. The van der Waals surface area contributed by atoms with E-state index in [2.05, 4.69) is 23.6 Å². The van der Waals surface area contributed by atoms with E-state index in [4.69, 9.17) is 0 Å². The number of halogens is 3. The van der Waals surface area contributed by atoms with E-state index in [-0.39, 0.29) is 0 Å². The molecule has 2 aromatic carbocycles. The lowest BCUT2D eigenvalue weighted by Crippen LogP contribution is -2.06. The summed E-state index contributed by atoms with van der Waals surface area (Å²) >= 11 is 0. The standard InChI is InChI=1S/C22H24F3N/c1-2-3-4-8-11-20-15-18-14-19(22(23,24)25)12-13-21(18)26(20)16-17-9-6-5-7-10-17/h5-7,9-10,12-15H,2-4,8,11,16H2,1H3. The Hall–Kier alpha value is -2.23. The minimum absolute atomic E-state index is 0.584. The second-order valence-corrected chi connectivity index (χ2v) is 6.79. The van der Waals surface area contributed by atoms with E-state index in [1.165, 1.54) is 25.0 Å². The molecule has 0 radical (unpaired) electrons. The van der Waals surface area contributed by atoms with Gasteiger partial charge in [-0.2, -0.15) is 13.2 Å². The minimum Gasteiger partial charge on any atom is -0.340 e. The quantitative estimate of drug-likeness (QED) is 0.407. The number of unbranched alkanes of at least 4 members (excludes halogenated alkanes) is 3. The van der Waals surface area contributed by atoms with E-state index >= 15 is 0 Å². The fourth-order valence-corrected chi connectivity index (χ4v) is 3.40. The Morgan fingerprint density at radius 3 is 2.35 bits per heavy atom. The van der Waals surface area contributed by atoms with Crippen LogP contribution < -0.4 is 0 Å². The summed E-state index contributed by atoms with van der Waals surface area (Å²) in [4.78, 5) is 0. The highest BCUT2D eigenvalue weighted by Gasteiger charge is 2.30. The molecule has 0 spiro atoms. The highest BCUT2D eigenvalue weighted by atomic mass is 19.4. The molecule has 26 heavy (non-hydrogen) atoms. The Morgan fingerprint density at radius 2 is 1.65 bits per heavy atom. The molecule has 3 aromatic rings. The molecule has 0 saturated carbocycles. The number of aromatic nitrogens is 1. The van der Waals surface area contributed by atoms with Gasteiger partial charge in [-0.1, -0.05) is 56.5 Å². The van der Waals surface area contributed by atoms with Gasteiger partial charge in [-0.15, -0.1) is 0 Å². The Kier molecular flexibility index (Phi) is 5.70. The first-order chi connectivity index (χ1) is 12.5. The maximum atomic E-state index is 13.1. The molecule has 0 saturated heterocycles. The van der Waals surface area contributed by atoms with Crippen LogP contribution in [-0.4, -0.2) is 4.57 Å². The zero-order valence-electron chi connectivity index (χ0n) is 15.0. The van der Waals surface area contributed by atoms with Crippen LogP contribution in [0.5, 0.6) is 0 Å². The number of hydrogen-bond donors (Lipinski definition) is 0. The largest absolute Gasteiger partial charge is 0.416 e. The highest BCUT2D eigenvalue weighted by molar-refractivity contribution is 5.82. The number of fused-ring (bicyclic) bond motifs is 1. The van der Waals surface area contributed by atoms with Gasteiger partial charge in [-0.3, -0.25) is 0 Å². The van der Waals surface area contributed by atoms with Crippen molar-refractivity contribution in [1.29, 1.82) is 0 Å². The zero-order chi connectivity index (χ0) is 18.6. The van der Waals surface area contributed by atoms with Gasteiger partial charge >= 0.3 is 6.18 Å². The third kappa shape index (κ3) is 4.29. The number of aryl methyl sites for hydroxylation is 1. The summed E-state index contributed by atoms with van der Waals surface area (Å²) in [6, 6.07) is 16.0. The van der Waals surface area contributed by atoms with Gasteiger partial charge in [0, 0.05) is 23.1 Å². The van der Waals surface area contributed by atoms with E-state index in [0.29, 0.717) is 11.9 Å². The van der Waals surface area contributed by atoms with Crippen LogP contribution in [0.1, 0.15) is 49.4 Å². The summed E-state index contributed by atoms with van der Waals surface area (Å²) in [5.41, 5.74) is 2.55. The molecule has 0 bridgehead atoms. The molecule has 0 fully saturated rings. The van der Waals surface area contributed by atoms with Gasteiger partial charge in [-0.25, -0.2) is 0 Å². The van der Waals surface area contributed by atoms with Crippen LogP contribution in [0.4, 0.5) is 13.2 Å². The van der Waals surface area contributed by atoms with Gasteiger partial charge in [0.05, 0.1) is 5.56 Å². The van der Waals surface area contributed by atoms with Gasteiger partial charge in [-0.05, 0) is 42.7 Å². The van der Waals surface area contributed by atoms with Crippen LogP contribution in [-0.2, 0) is 19.1 Å². The van der Waals surface area contributed by atoms with Crippen molar-refractivity contribution >= 4 is 10.9 Å². The van der Waals surface area contributed by atoms with Crippen molar-refractivity contribution in [2.75, 3.05) is 0 Å². The molecule has 1 heterocycles. The lowest BCUT2D eigenvalue weighted by molar-refractivity contribution is -0.137. The SMILES string of the molecule is CCCCCCc1cc2cc(C(F)(F)F)ccc2n1Cc1ccccc1. The molecule has 1 aromatic heterocycles. The van der Waals surface area contributed by atoms with Gasteiger partial charge in [0.25, 0.3) is 0 Å². The summed E-state index contributed by atoms with van der Waals surface area (Å²) in [7, 11) is 0. The van der Waals surface area contributed by atoms with Crippen molar-refractivity contribution in [3.8, 4) is 0 Å². The molecular formula is C22H24F3N. The smallest absolute Gasteiger partial charge is 0.340 e. The minimum atomic E-state index is -4.31. The molecule has 0 aliphatic rings. The molecule has 0 atom stereocenters. The second kappa shape index (κ2) is 7.98. The number of hydrogen-bond acceptors (Lipinski definition) is 0. The first kappa shape index (κ1) is 18.6. The molecule has 4 heteroatoms. The summed E-state index contributed by atoms with van der Waals surface area (Å²) in [6.07, 6.45) is 1.15. The number of alkyl halides is 3. The Labute approximate surface area is 152 Å². The van der Waals surface area contributed by atoms with Crippen molar-refractivity contribution in [2.24, 2.45) is 0 Å². The number of nitrogens with zero attached hydrogens (tertiary/aromatic N) is 1. The van der Waals surface area contributed by atoms with Crippen LogP contribution in [0.25, 0.3) is 10.9 Å². The van der Waals surface area contributed by atoms with E-state index in [9.17, 15) is 13.2 Å². The van der Waals surface area contributed by atoms with E-state index < -0.39 is 11.7 Å². The van der Waals surface area contributed by atoms with E-state index in [0.717, 1.165) is 36.0 Å². The van der Waals surface area contributed by atoms with Crippen LogP contribution in [0.15, 0.2) is 54.6 Å². The van der Waals surface area contributed by atoms with E-state index in [1.54, 1.807) is 6.07 Å². The Morgan fingerprint density at radius 1 is 0.885 bits per heavy atom. The normalized spacial score (nSPS) is 12.0. The monoisotopic (exact) mass is 359 g/mol. The number of rotatable bonds is 7. The van der Waals surface area contributed by atoms with Crippen molar-refractivity contribution in [3.63, 3.8) is 0 Å². The average molecular weight is 359 g/mol. The summed E-state index contributed by atoms with van der Waals surface area (Å²) in [5.74, 6) is 0. The summed E-state index contributed by atoms with van der Waals surface area (Å²) in [6.45, 7) is 2.85. The molecule has 0 aliphatic carbocycles. The van der Waals surface area contributed by atoms with Gasteiger partial charge in [0.1, 0.15) is 0 Å². The maximum Gasteiger partial charge on any atom is 0.416 e. The fourth-order valence-electron chi connectivity index (χ4n) is 3.40.